The number of anilines is 1. The Morgan fingerprint density at radius 1 is 1.03 bits per heavy atom. The number of thioether (sulfide) groups is 1. The standard InChI is InChI=1S/C26H28N6O2S2/c1-4-32-23(22(17(2)3)29-24(34)19-13-9-6-10-14-19)30-31-26(32)36-16-21(33)28-25-27-20(15-35-25)18-11-7-5-8-12-18/h5-15,17,22H,4,16H2,1-3H3,(H,29,34)(H,27,28,33)/t22-/m0/s1. The largest absolute Gasteiger partial charge is 0.342 e. The van der Waals surface area contributed by atoms with Crippen molar-refractivity contribution in [3.05, 3.63) is 77.4 Å². The summed E-state index contributed by atoms with van der Waals surface area (Å²) in [5.74, 6) is 0.608. The zero-order valence-electron chi connectivity index (χ0n) is 20.3. The molecule has 4 rings (SSSR count). The average Bonchev–Trinajstić information content (AvgIpc) is 3.53. The molecular weight excluding hydrogens is 492 g/mol. The molecule has 2 aromatic heterocycles. The number of amides is 2. The fourth-order valence-electron chi connectivity index (χ4n) is 3.64. The first-order chi connectivity index (χ1) is 17.5. The van der Waals surface area contributed by atoms with Gasteiger partial charge in [0.05, 0.1) is 17.5 Å². The summed E-state index contributed by atoms with van der Waals surface area (Å²) in [5.41, 5.74) is 2.43. The van der Waals surface area contributed by atoms with Crippen LogP contribution in [0.1, 0.15) is 43.0 Å². The van der Waals surface area contributed by atoms with Crippen LogP contribution in [0.4, 0.5) is 5.13 Å². The van der Waals surface area contributed by atoms with Crippen molar-refractivity contribution in [3.63, 3.8) is 0 Å². The Labute approximate surface area is 218 Å². The monoisotopic (exact) mass is 520 g/mol. The van der Waals surface area contributed by atoms with Crippen molar-refractivity contribution in [2.75, 3.05) is 11.1 Å². The molecule has 10 heteroatoms. The van der Waals surface area contributed by atoms with Crippen molar-refractivity contribution in [3.8, 4) is 11.3 Å². The van der Waals surface area contributed by atoms with Crippen LogP contribution in [0.25, 0.3) is 11.3 Å². The highest BCUT2D eigenvalue weighted by atomic mass is 32.2. The summed E-state index contributed by atoms with van der Waals surface area (Å²) in [7, 11) is 0. The summed E-state index contributed by atoms with van der Waals surface area (Å²) in [6.07, 6.45) is 0. The minimum absolute atomic E-state index is 0.0945. The molecule has 2 amide bonds. The van der Waals surface area contributed by atoms with E-state index in [0.29, 0.717) is 28.2 Å². The van der Waals surface area contributed by atoms with E-state index in [1.165, 1.54) is 23.1 Å². The van der Waals surface area contributed by atoms with Gasteiger partial charge in [0.25, 0.3) is 5.91 Å². The summed E-state index contributed by atoms with van der Waals surface area (Å²) in [6, 6.07) is 18.6. The number of carbonyl (C=O) groups excluding carboxylic acids is 2. The first-order valence-corrected chi connectivity index (χ1v) is 13.6. The first-order valence-electron chi connectivity index (χ1n) is 11.7. The number of rotatable bonds is 10. The third kappa shape index (κ3) is 6.19. The van der Waals surface area contributed by atoms with Gasteiger partial charge in [0.15, 0.2) is 16.1 Å². The molecule has 0 aliphatic heterocycles. The Bertz CT molecular complexity index is 1300. The van der Waals surface area contributed by atoms with Gasteiger partial charge in [-0.15, -0.1) is 21.5 Å². The van der Waals surface area contributed by atoms with Gasteiger partial charge < -0.3 is 15.2 Å². The molecule has 0 unspecified atom stereocenters. The lowest BCUT2D eigenvalue weighted by atomic mass is 10.0. The van der Waals surface area contributed by atoms with E-state index in [4.69, 9.17) is 0 Å². The van der Waals surface area contributed by atoms with Gasteiger partial charge in [-0.25, -0.2) is 4.98 Å². The van der Waals surface area contributed by atoms with E-state index in [2.05, 4.69) is 25.8 Å². The zero-order valence-corrected chi connectivity index (χ0v) is 22.0. The van der Waals surface area contributed by atoms with E-state index in [0.717, 1.165) is 11.3 Å². The zero-order chi connectivity index (χ0) is 25.5. The highest BCUT2D eigenvalue weighted by Gasteiger charge is 2.26. The average molecular weight is 521 g/mol. The summed E-state index contributed by atoms with van der Waals surface area (Å²) in [6.45, 7) is 6.67. The Balaban J connectivity index is 1.40. The lowest BCUT2D eigenvalue weighted by Gasteiger charge is -2.22. The molecule has 0 radical (unpaired) electrons. The molecule has 0 spiro atoms. The van der Waals surface area contributed by atoms with Crippen LogP contribution in [-0.2, 0) is 11.3 Å². The topological polar surface area (TPSA) is 102 Å². The number of nitrogens with zero attached hydrogens (tertiary/aromatic N) is 4. The predicted molar refractivity (Wildman–Crippen MR) is 144 cm³/mol. The van der Waals surface area contributed by atoms with Crippen LogP contribution in [0.15, 0.2) is 71.2 Å². The second kappa shape index (κ2) is 12.0. The van der Waals surface area contributed by atoms with E-state index in [9.17, 15) is 9.59 Å². The molecule has 2 aromatic carbocycles. The highest BCUT2D eigenvalue weighted by Crippen LogP contribution is 2.27. The number of carbonyl (C=O) groups is 2. The van der Waals surface area contributed by atoms with E-state index >= 15 is 0 Å². The van der Waals surface area contributed by atoms with Crippen molar-refractivity contribution < 1.29 is 9.59 Å². The number of thiazole rings is 1. The molecule has 4 aromatic rings. The molecule has 8 nitrogen and oxygen atoms in total. The van der Waals surface area contributed by atoms with E-state index in [1.54, 1.807) is 12.1 Å². The van der Waals surface area contributed by atoms with Crippen molar-refractivity contribution in [2.45, 2.75) is 38.5 Å². The molecule has 0 fully saturated rings. The first kappa shape index (κ1) is 25.6. The minimum Gasteiger partial charge on any atom is -0.342 e. The van der Waals surface area contributed by atoms with Gasteiger partial charge in [0.1, 0.15) is 0 Å². The normalized spacial score (nSPS) is 11.9. The lowest BCUT2D eigenvalue weighted by molar-refractivity contribution is -0.113. The molecule has 2 N–H and O–H groups in total. The Kier molecular flexibility index (Phi) is 8.50. The Hall–Kier alpha value is -3.50. The number of nitrogens with one attached hydrogen (secondary N) is 2. The number of hydrogen-bond acceptors (Lipinski definition) is 7. The summed E-state index contributed by atoms with van der Waals surface area (Å²) in [4.78, 5) is 29.9. The number of aromatic nitrogens is 4. The van der Waals surface area contributed by atoms with E-state index in [1.807, 2.05) is 79.2 Å². The predicted octanol–water partition coefficient (Wildman–Crippen LogP) is 5.28. The highest BCUT2D eigenvalue weighted by molar-refractivity contribution is 7.99. The van der Waals surface area contributed by atoms with Gasteiger partial charge in [-0.2, -0.15) is 0 Å². The van der Waals surface area contributed by atoms with Crippen molar-refractivity contribution >= 4 is 40.0 Å². The fourth-order valence-corrected chi connectivity index (χ4v) is 5.18. The Morgan fingerprint density at radius 2 is 1.72 bits per heavy atom. The van der Waals surface area contributed by atoms with Gasteiger partial charge in [-0.1, -0.05) is 74.1 Å². The van der Waals surface area contributed by atoms with Crippen LogP contribution in [-0.4, -0.2) is 37.3 Å². The van der Waals surface area contributed by atoms with Gasteiger partial charge in [-0.3, -0.25) is 9.59 Å². The summed E-state index contributed by atoms with van der Waals surface area (Å²) >= 11 is 2.70. The molecule has 0 saturated carbocycles. The van der Waals surface area contributed by atoms with Crippen LogP contribution in [0.3, 0.4) is 0 Å². The van der Waals surface area contributed by atoms with Crippen LogP contribution < -0.4 is 10.6 Å². The third-order valence-electron chi connectivity index (χ3n) is 5.48. The van der Waals surface area contributed by atoms with Crippen molar-refractivity contribution in [1.29, 1.82) is 0 Å². The van der Waals surface area contributed by atoms with Gasteiger partial charge in [0.2, 0.25) is 5.91 Å². The van der Waals surface area contributed by atoms with Crippen LogP contribution in [0.5, 0.6) is 0 Å². The van der Waals surface area contributed by atoms with Crippen LogP contribution >= 0.6 is 23.1 Å². The van der Waals surface area contributed by atoms with Crippen LogP contribution in [0.2, 0.25) is 0 Å². The fraction of sp³-hybridized carbons (Fsp3) is 0.269. The molecular formula is C26H28N6O2S2. The maximum atomic E-state index is 12.8. The second-order valence-corrected chi connectivity index (χ2v) is 10.2. The van der Waals surface area contributed by atoms with Crippen LogP contribution in [0, 0.1) is 5.92 Å². The van der Waals surface area contributed by atoms with E-state index in [-0.39, 0.29) is 29.5 Å². The molecule has 0 aliphatic carbocycles. The summed E-state index contributed by atoms with van der Waals surface area (Å²) < 4.78 is 1.95. The molecule has 0 aliphatic rings. The third-order valence-corrected chi connectivity index (χ3v) is 7.21. The maximum absolute atomic E-state index is 12.8. The van der Waals surface area contributed by atoms with Crippen molar-refractivity contribution in [1.82, 2.24) is 25.1 Å². The molecule has 0 saturated heterocycles. The van der Waals surface area contributed by atoms with Gasteiger partial charge in [0, 0.05) is 23.1 Å². The molecule has 1 atom stereocenters. The van der Waals surface area contributed by atoms with E-state index < -0.39 is 0 Å². The van der Waals surface area contributed by atoms with Crippen molar-refractivity contribution in [2.24, 2.45) is 5.92 Å². The maximum Gasteiger partial charge on any atom is 0.251 e. The summed E-state index contributed by atoms with van der Waals surface area (Å²) in [5, 5.41) is 17.8. The Morgan fingerprint density at radius 3 is 2.39 bits per heavy atom. The number of hydrogen-bond donors (Lipinski definition) is 2. The van der Waals surface area contributed by atoms with Gasteiger partial charge >= 0.3 is 0 Å². The number of benzene rings is 2. The molecule has 2 heterocycles. The minimum atomic E-state index is -0.319. The van der Waals surface area contributed by atoms with Gasteiger partial charge in [-0.05, 0) is 25.0 Å². The smallest absolute Gasteiger partial charge is 0.251 e. The second-order valence-electron chi connectivity index (χ2n) is 8.39. The molecule has 36 heavy (non-hydrogen) atoms. The lowest BCUT2D eigenvalue weighted by Crippen LogP contribution is -2.33. The SMILES string of the molecule is CCn1c(SCC(=O)Nc2nc(-c3ccccc3)cs2)nnc1[C@@H](NC(=O)c1ccccc1)C(C)C. The quantitative estimate of drug-likeness (QED) is 0.276. The molecule has 186 valence electrons. The molecule has 0 bridgehead atoms.